The zero-order valence-electron chi connectivity index (χ0n) is 12.9. The van der Waals surface area contributed by atoms with E-state index in [1.54, 1.807) is 11.3 Å². The van der Waals surface area contributed by atoms with Crippen molar-refractivity contribution in [1.82, 2.24) is 15.5 Å². The van der Waals surface area contributed by atoms with Crippen LogP contribution in [0.3, 0.4) is 0 Å². The van der Waals surface area contributed by atoms with Gasteiger partial charge in [0.2, 0.25) is 5.91 Å². The van der Waals surface area contributed by atoms with Crippen LogP contribution in [0.15, 0.2) is 17.5 Å². The SMILES string of the molecule is C[C@@H](CNC(=O)N[C@H]1CC(=O)N(C2CC2)C1)Cc1cccs1. The van der Waals surface area contributed by atoms with Crippen LogP contribution in [0.25, 0.3) is 0 Å². The molecule has 22 heavy (non-hydrogen) atoms. The maximum atomic E-state index is 12.0. The molecule has 1 saturated heterocycles. The van der Waals surface area contributed by atoms with E-state index in [2.05, 4.69) is 35.1 Å². The van der Waals surface area contributed by atoms with Gasteiger partial charge in [-0.25, -0.2) is 4.79 Å². The third-order valence-electron chi connectivity index (χ3n) is 4.22. The molecule has 1 saturated carbocycles. The third kappa shape index (κ3) is 4.00. The first kappa shape index (κ1) is 15.3. The van der Waals surface area contributed by atoms with Crippen LogP contribution in [0.2, 0.25) is 0 Å². The summed E-state index contributed by atoms with van der Waals surface area (Å²) in [5.41, 5.74) is 0. The standard InChI is InChI=1S/C16H23N3O2S/c1-11(7-14-3-2-6-22-14)9-17-16(21)18-12-8-15(20)19(10-12)13-4-5-13/h2-3,6,11-13H,4-5,7-10H2,1H3,(H2,17,18,21)/t11-,12+/m1/s1. The second-order valence-corrected chi connectivity index (χ2v) is 7.45. The molecule has 0 radical (unpaired) electrons. The molecule has 3 amide bonds. The second-order valence-electron chi connectivity index (χ2n) is 6.42. The minimum atomic E-state index is -0.159. The summed E-state index contributed by atoms with van der Waals surface area (Å²) in [5.74, 6) is 0.580. The molecular weight excluding hydrogens is 298 g/mol. The minimum Gasteiger partial charge on any atom is -0.338 e. The summed E-state index contributed by atoms with van der Waals surface area (Å²) >= 11 is 1.75. The van der Waals surface area contributed by atoms with Crippen LogP contribution in [0.1, 0.15) is 31.1 Å². The quantitative estimate of drug-likeness (QED) is 0.842. The van der Waals surface area contributed by atoms with Crippen LogP contribution in [-0.4, -0.2) is 42.0 Å². The van der Waals surface area contributed by atoms with Crippen molar-refractivity contribution in [3.63, 3.8) is 0 Å². The average Bonchev–Trinajstić information content (AvgIpc) is 3.07. The largest absolute Gasteiger partial charge is 0.338 e. The number of carbonyl (C=O) groups excluding carboxylic acids is 2. The zero-order valence-corrected chi connectivity index (χ0v) is 13.7. The van der Waals surface area contributed by atoms with Crippen LogP contribution in [0.5, 0.6) is 0 Å². The second kappa shape index (κ2) is 6.69. The molecule has 6 heteroatoms. The number of carbonyl (C=O) groups is 2. The Morgan fingerprint density at radius 3 is 3.00 bits per heavy atom. The maximum Gasteiger partial charge on any atom is 0.315 e. The van der Waals surface area contributed by atoms with Gasteiger partial charge in [0.25, 0.3) is 0 Å². The molecule has 0 aromatic carbocycles. The first-order valence-electron chi connectivity index (χ1n) is 7.98. The van der Waals surface area contributed by atoms with Crippen molar-refractivity contribution in [2.75, 3.05) is 13.1 Å². The minimum absolute atomic E-state index is 0.0410. The number of urea groups is 1. The predicted octanol–water partition coefficient (Wildman–Crippen LogP) is 1.99. The highest BCUT2D eigenvalue weighted by atomic mass is 32.1. The summed E-state index contributed by atoms with van der Waals surface area (Å²) in [6.45, 7) is 3.45. The first-order valence-corrected chi connectivity index (χ1v) is 8.86. The van der Waals surface area contributed by atoms with Gasteiger partial charge in [0.1, 0.15) is 0 Å². The van der Waals surface area contributed by atoms with Gasteiger partial charge in [-0.3, -0.25) is 4.79 Å². The van der Waals surface area contributed by atoms with Crippen molar-refractivity contribution in [3.05, 3.63) is 22.4 Å². The van der Waals surface area contributed by atoms with E-state index >= 15 is 0 Å². The summed E-state index contributed by atoms with van der Waals surface area (Å²) in [6.07, 6.45) is 3.65. The third-order valence-corrected chi connectivity index (χ3v) is 5.12. The molecule has 3 rings (SSSR count). The van der Waals surface area contributed by atoms with Gasteiger partial charge in [-0.05, 0) is 36.6 Å². The molecule has 1 aromatic rings. The molecule has 0 bridgehead atoms. The lowest BCUT2D eigenvalue weighted by Crippen LogP contribution is -2.44. The van der Waals surface area contributed by atoms with Gasteiger partial charge in [-0.2, -0.15) is 0 Å². The van der Waals surface area contributed by atoms with Gasteiger partial charge in [0.15, 0.2) is 0 Å². The van der Waals surface area contributed by atoms with Crippen molar-refractivity contribution in [1.29, 1.82) is 0 Å². The van der Waals surface area contributed by atoms with Gasteiger partial charge in [0.05, 0.1) is 6.04 Å². The van der Waals surface area contributed by atoms with Crippen molar-refractivity contribution in [2.45, 2.75) is 44.7 Å². The molecular formula is C16H23N3O2S. The normalized spacial score (nSPS) is 22.7. The van der Waals surface area contributed by atoms with Crippen molar-refractivity contribution >= 4 is 23.3 Å². The monoisotopic (exact) mass is 321 g/mol. The Labute approximate surface area is 135 Å². The lowest BCUT2D eigenvalue weighted by Gasteiger charge is -2.17. The fourth-order valence-electron chi connectivity index (χ4n) is 2.92. The number of nitrogens with one attached hydrogen (secondary N) is 2. The summed E-state index contributed by atoms with van der Waals surface area (Å²) < 4.78 is 0. The lowest BCUT2D eigenvalue weighted by atomic mass is 10.1. The van der Waals surface area contributed by atoms with E-state index in [1.165, 1.54) is 4.88 Å². The molecule has 2 aliphatic rings. The molecule has 1 aromatic heterocycles. The van der Waals surface area contributed by atoms with Crippen LogP contribution < -0.4 is 10.6 Å². The van der Waals surface area contributed by atoms with E-state index in [4.69, 9.17) is 0 Å². The highest BCUT2D eigenvalue weighted by Gasteiger charge is 2.39. The van der Waals surface area contributed by atoms with Gasteiger partial charge < -0.3 is 15.5 Å². The molecule has 2 atom stereocenters. The van der Waals surface area contributed by atoms with Gasteiger partial charge in [-0.15, -0.1) is 11.3 Å². The molecule has 1 aliphatic carbocycles. The van der Waals surface area contributed by atoms with E-state index in [-0.39, 0.29) is 18.0 Å². The van der Waals surface area contributed by atoms with E-state index in [0.29, 0.717) is 31.5 Å². The number of amides is 3. The summed E-state index contributed by atoms with van der Waals surface area (Å²) in [7, 11) is 0. The van der Waals surface area contributed by atoms with Crippen molar-refractivity contribution < 1.29 is 9.59 Å². The molecule has 120 valence electrons. The van der Waals surface area contributed by atoms with E-state index in [0.717, 1.165) is 19.3 Å². The Morgan fingerprint density at radius 1 is 1.50 bits per heavy atom. The first-order chi connectivity index (χ1) is 10.6. The average molecular weight is 321 g/mol. The fourth-order valence-corrected chi connectivity index (χ4v) is 3.78. The maximum absolute atomic E-state index is 12.0. The molecule has 0 spiro atoms. The summed E-state index contributed by atoms with van der Waals surface area (Å²) in [6, 6.07) is 4.41. The van der Waals surface area contributed by atoms with Crippen molar-refractivity contribution in [2.24, 2.45) is 5.92 Å². The van der Waals surface area contributed by atoms with Crippen LogP contribution >= 0.6 is 11.3 Å². The molecule has 1 aliphatic heterocycles. The van der Waals surface area contributed by atoms with E-state index < -0.39 is 0 Å². The number of likely N-dealkylation sites (tertiary alicyclic amines) is 1. The van der Waals surface area contributed by atoms with Crippen molar-refractivity contribution in [3.8, 4) is 0 Å². The number of hydrogen-bond acceptors (Lipinski definition) is 3. The molecule has 2 fully saturated rings. The van der Waals surface area contributed by atoms with E-state index in [9.17, 15) is 9.59 Å². The number of hydrogen-bond donors (Lipinski definition) is 2. The zero-order chi connectivity index (χ0) is 15.5. The molecule has 2 N–H and O–H groups in total. The fraction of sp³-hybridized carbons (Fsp3) is 0.625. The van der Waals surface area contributed by atoms with Gasteiger partial charge >= 0.3 is 6.03 Å². The number of thiophene rings is 1. The highest BCUT2D eigenvalue weighted by Crippen LogP contribution is 2.30. The van der Waals surface area contributed by atoms with Crippen LogP contribution in [0.4, 0.5) is 4.79 Å². The molecule has 5 nitrogen and oxygen atoms in total. The highest BCUT2D eigenvalue weighted by molar-refractivity contribution is 7.09. The van der Waals surface area contributed by atoms with Crippen LogP contribution in [0, 0.1) is 5.92 Å². The van der Waals surface area contributed by atoms with Gasteiger partial charge in [0, 0.05) is 30.4 Å². The number of nitrogens with zero attached hydrogens (tertiary/aromatic N) is 1. The Kier molecular flexibility index (Phi) is 4.66. The van der Waals surface area contributed by atoms with Gasteiger partial charge in [-0.1, -0.05) is 13.0 Å². The molecule has 2 heterocycles. The summed E-state index contributed by atoms with van der Waals surface area (Å²) in [5, 5.41) is 7.92. The number of rotatable bonds is 6. The topological polar surface area (TPSA) is 61.4 Å². The van der Waals surface area contributed by atoms with E-state index in [1.807, 2.05) is 4.90 Å². The predicted molar refractivity (Wildman–Crippen MR) is 86.9 cm³/mol. The Balaban J connectivity index is 1.36. The Morgan fingerprint density at radius 2 is 2.32 bits per heavy atom. The lowest BCUT2D eigenvalue weighted by molar-refractivity contribution is -0.128. The molecule has 0 unspecified atom stereocenters. The smallest absolute Gasteiger partial charge is 0.315 e. The van der Waals surface area contributed by atoms with Crippen LogP contribution in [-0.2, 0) is 11.2 Å². The Hall–Kier alpha value is -1.56. The Bertz CT molecular complexity index is 528. The summed E-state index contributed by atoms with van der Waals surface area (Å²) in [4.78, 5) is 27.1.